The molecule has 0 fully saturated rings. The fourth-order valence-corrected chi connectivity index (χ4v) is 2.23. The van der Waals surface area contributed by atoms with Crippen molar-refractivity contribution in [3.8, 4) is 0 Å². The molecular formula is C18H28N2O2. The van der Waals surface area contributed by atoms with Crippen LogP contribution in [0.1, 0.15) is 52.5 Å². The maximum absolute atomic E-state index is 12.0. The summed E-state index contributed by atoms with van der Waals surface area (Å²) < 4.78 is 0. The number of carbonyl (C=O) groups excluding carboxylic acids is 2. The van der Waals surface area contributed by atoms with Gasteiger partial charge in [0.1, 0.15) is 0 Å². The molecule has 0 heterocycles. The molecule has 1 N–H and O–H groups in total. The van der Waals surface area contributed by atoms with Crippen LogP contribution in [-0.4, -0.2) is 29.8 Å². The summed E-state index contributed by atoms with van der Waals surface area (Å²) in [5.41, 5.74) is 2.05. The second kappa shape index (κ2) is 8.57. The van der Waals surface area contributed by atoms with Crippen molar-refractivity contribution in [1.82, 2.24) is 4.90 Å². The van der Waals surface area contributed by atoms with E-state index >= 15 is 0 Å². The average Bonchev–Trinajstić information content (AvgIpc) is 2.43. The Morgan fingerprint density at radius 2 is 1.68 bits per heavy atom. The minimum absolute atomic E-state index is 0.0165. The van der Waals surface area contributed by atoms with Crippen molar-refractivity contribution in [2.75, 3.05) is 18.4 Å². The number of rotatable bonds is 7. The molecule has 0 aliphatic rings. The Bertz CT molecular complexity index is 492. The molecule has 22 heavy (non-hydrogen) atoms. The third-order valence-electron chi connectivity index (χ3n) is 3.50. The van der Waals surface area contributed by atoms with E-state index in [4.69, 9.17) is 0 Å². The van der Waals surface area contributed by atoms with Gasteiger partial charge in [-0.1, -0.05) is 39.8 Å². The Balaban J connectivity index is 2.49. The van der Waals surface area contributed by atoms with Crippen LogP contribution in [0.4, 0.5) is 5.69 Å². The SMILES string of the molecule is CC(=O)N(CCC(=O)Nc1ccc(C(C)C)cc1)CC(C)C. The molecule has 0 aromatic heterocycles. The molecule has 2 amide bonds. The number of benzene rings is 1. The Labute approximate surface area is 133 Å². The van der Waals surface area contributed by atoms with Gasteiger partial charge in [0.15, 0.2) is 0 Å². The molecule has 0 spiro atoms. The van der Waals surface area contributed by atoms with Crippen molar-refractivity contribution in [2.45, 2.75) is 47.0 Å². The largest absolute Gasteiger partial charge is 0.342 e. The zero-order chi connectivity index (χ0) is 16.7. The summed E-state index contributed by atoms with van der Waals surface area (Å²) in [5.74, 6) is 0.829. The summed E-state index contributed by atoms with van der Waals surface area (Å²) in [6.45, 7) is 11.1. The fraction of sp³-hybridized carbons (Fsp3) is 0.556. The van der Waals surface area contributed by atoms with Gasteiger partial charge in [0, 0.05) is 32.1 Å². The van der Waals surface area contributed by atoms with Crippen molar-refractivity contribution in [3.63, 3.8) is 0 Å². The monoisotopic (exact) mass is 304 g/mol. The number of amides is 2. The molecule has 122 valence electrons. The molecule has 1 aromatic carbocycles. The molecule has 0 unspecified atom stereocenters. The first-order chi connectivity index (χ1) is 10.3. The highest BCUT2D eigenvalue weighted by Crippen LogP contribution is 2.17. The molecule has 0 atom stereocenters. The lowest BCUT2D eigenvalue weighted by atomic mass is 10.0. The van der Waals surface area contributed by atoms with E-state index in [-0.39, 0.29) is 11.8 Å². The lowest BCUT2D eigenvalue weighted by Crippen LogP contribution is -2.34. The standard InChI is InChI=1S/C18H28N2O2/c1-13(2)12-20(15(5)21)11-10-18(22)19-17-8-6-16(7-9-17)14(3)4/h6-9,13-14H,10-12H2,1-5H3,(H,19,22). The van der Waals surface area contributed by atoms with Gasteiger partial charge in [0.25, 0.3) is 0 Å². The normalized spacial score (nSPS) is 10.9. The topological polar surface area (TPSA) is 49.4 Å². The minimum Gasteiger partial charge on any atom is -0.342 e. The molecule has 4 heteroatoms. The number of nitrogens with zero attached hydrogens (tertiary/aromatic N) is 1. The summed E-state index contributed by atoms with van der Waals surface area (Å²) >= 11 is 0. The molecule has 0 saturated carbocycles. The lowest BCUT2D eigenvalue weighted by molar-refractivity contribution is -0.129. The Kier molecular flexibility index (Phi) is 7.09. The Morgan fingerprint density at radius 3 is 2.14 bits per heavy atom. The van der Waals surface area contributed by atoms with Crippen molar-refractivity contribution >= 4 is 17.5 Å². The Morgan fingerprint density at radius 1 is 1.09 bits per heavy atom. The van der Waals surface area contributed by atoms with E-state index in [0.29, 0.717) is 31.3 Å². The van der Waals surface area contributed by atoms with E-state index in [1.807, 2.05) is 24.3 Å². The van der Waals surface area contributed by atoms with Gasteiger partial charge in [-0.25, -0.2) is 0 Å². The first kappa shape index (κ1) is 18.2. The summed E-state index contributed by atoms with van der Waals surface area (Å²) in [6, 6.07) is 7.90. The van der Waals surface area contributed by atoms with E-state index in [9.17, 15) is 9.59 Å². The molecule has 1 rings (SSSR count). The van der Waals surface area contributed by atoms with Crippen LogP contribution in [-0.2, 0) is 9.59 Å². The van der Waals surface area contributed by atoms with Crippen molar-refractivity contribution in [1.29, 1.82) is 0 Å². The van der Waals surface area contributed by atoms with Crippen molar-refractivity contribution in [3.05, 3.63) is 29.8 Å². The molecule has 0 aliphatic carbocycles. The van der Waals surface area contributed by atoms with Crippen LogP contribution in [0, 0.1) is 5.92 Å². The van der Waals surface area contributed by atoms with Gasteiger partial charge in [-0.2, -0.15) is 0 Å². The van der Waals surface area contributed by atoms with E-state index in [1.54, 1.807) is 11.8 Å². The van der Waals surface area contributed by atoms with Crippen LogP contribution in [0.3, 0.4) is 0 Å². The molecule has 0 aliphatic heterocycles. The average molecular weight is 304 g/mol. The predicted octanol–water partition coefficient (Wildman–Crippen LogP) is 3.64. The zero-order valence-electron chi connectivity index (χ0n) is 14.3. The summed E-state index contributed by atoms with van der Waals surface area (Å²) in [6.07, 6.45) is 0.318. The first-order valence-corrected chi connectivity index (χ1v) is 7.95. The third kappa shape index (κ3) is 6.29. The predicted molar refractivity (Wildman–Crippen MR) is 90.9 cm³/mol. The van der Waals surface area contributed by atoms with Crippen LogP contribution >= 0.6 is 0 Å². The lowest BCUT2D eigenvalue weighted by Gasteiger charge is -2.22. The quantitative estimate of drug-likeness (QED) is 0.836. The summed E-state index contributed by atoms with van der Waals surface area (Å²) in [5, 5.41) is 2.88. The van der Waals surface area contributed by atoms with Gasteiger partial charge in [-0.05, 0) is 29.5 Å². The molecule has 4 nitrogen and oxygen atoms in total. The van der Waals surface area contributed by atoms with E-state index < -0.39 is 0 Å². The van der Waals surface area contributed by atoms with Gasteiger partial charge < -0.3 is 10.2 Å². The second-order valence-electron chi connectivity index (χ2n) is 6.43. The van der Waals surface area contributed by atoms with Gasteiger partial charge in [-0.15, -0.1) is 0 Å². The fourth-order valence-electron chi connectivity index (χ4n) is 2.23. The van der Waals surface area contributed by atoms with Gasteiger partial charge in [-0.3, -0.25) is 9.59 Å². The van der Waals surface area contributed by atoms with Gasteiger partial charge in [0.2, 0.25) is 11.8 Å². The number of hydrogen-bond donors (Lipinski definition) is 1. The molecule has 0 radical (unpaired) electrons. The maximum Gasteiger partial charge on any atom is 0.226 e. The number of anilines is 1. The number of hydrogen-bond acceptors (Lipinski definition) is 2. The first-order valence-electron chi connectivity index (χ1n) is 7.95. The minimum atomic E-state index is -0.0627. The molecule has 1 aromatic rings. The van der Waals surface area contributed by atoms with Crippen LogP contribution < -0.4 is 5.32 Å². The van der Waals surface area contributed by atoms with E-state index in [1.165, 1.54) is 5.56 Å². The van der Waals surface area contributed by atoms with Crippen LogP contribution in [0.2, 0.25) is 0 Å². The second-order valence-corrected chi connectivity index (χ2v) is 6.43. The third-order valence-corrected chi connectivity index (χ3v) is 3.50. The van der Waals surface area contributed by atoms with Crippen LogP contribution in [0.15, 0.2) is 24.3 Å². The van der Waals surface area contributed by atoms with E-state index in [2.05, 4.69) is 33.0 Å². The smallest absolute Gasteiger partial charge is 0.226 e. The highest BCUT2D eigenvalue weighted by Gasteiger charge is 2.12. The zero-order valence-corrected chi connectivity index (χ0v) is 14.3. The maximum atomic E-state index is 12.0. The van der Waals surface area contributed by atoms with Crippen molar-refractivity contribution in [2.24, 2.45) is 5.92 Å². The number of carbonyl (C=O) groups is 2. The molecule has 0 saturated heterocycles. The van der Waals surface area contributed by atoms with Gasteiger partial charge >= 0.3 is 0 Å². The Hall–Kier alpha value is -1.84. The highest BCUT2D eigenvalue weighted by molar-refractivity contribution is 5.91. The van der Waals surface area contributed by atoms with Crippen LogP contribution in [0.5, 0.6) is 0 Å². The summed E-state index contributed by atoms with van der Waals surface area (Å²) in [7, 11) is 0. The van der Waals surface area contributed by atoms with E-state index in [0.717, 1.165) is 5.69 Å². The highest BCUT2D eigenvalue weighted by atomic mass is 16.2. The molecular weight excluding hydrogens is 276 g/mol. The number of nitrogens with one attached hydrogen (secondary N) is 1. The van der Waals surface area contributed by atoms with Gasteiger partial charge in [0.05, 0.1) is 0 Å². The van der Waals surface area contributed by atoms with Crippen LogP contribution in [0.25, 0.3) is 0 Å². The molecule has 0 bridgehead atoms. The summed E-state index contributed by atoms with van der Waals surface area (Å²) in [4.78, 5) is 25.3. The van der Waals surface area contributed by atoms with Crippen molar-refractivity contribution < 1.29 is 9.59 Å².